The van der Waals surface area contributed by atoms with Gasteiger partial charge in [0, 0.05) is 31.4 Å². The smallest absolute Gasteiger partial charge is 0.228 e. The van der Waals surface area contributed by atoms with Crippen molar-refractivity contribution in [2.45, 2.75) is 6.04 Å². The third kappa shape index (κ3) is 4.71. The lowest BCUT2D eigenvalue weighted by molar-refractivity contribution is 0.337. The van der Waals surface area contributed by atoms with Crippen molar-refractivity contribution in [2.75, 3.05) is 26.0 Å². The Morgan fingerprint density at radius 1 is 1.09 bits per heavy atom. The van der Waals surface area contributed by atoms with Gasteiger partial charge in [-0.1, -0.05) is 28.9 Å². The third-order valence-corrected chi connectivity index (χ3v) is 5.95. The van der Waals surface area contributed by atoms with Gasteiger partial charge in [0.1, 0.15) is 17.2 Å². The van der Waals surface area contributed by atoms with E-state index in [1.165, 1.54) is 6.07 Å². The first-order valence-corrected chi connectivity index (χ1v) is 11.3. The van der Waals surface area contributed by atoms with E-state index in [0.717, 1.165) is 28.2 Å². The van der Waals surface area contributed by atoms with Gasteiger partial charge >= 0.3 is 0 Å². The highest BCUT2D eigenvalue weighted by Gasteiger charge is 2.21. The minimum absolute atomic E-state index is 0.0903. The topological polar surface area (TPSA) is 89.6 Å². The van der Waals surface area contributed by atoms with E-state index in [4.69, 9.17) is 11.6 Å². The van der Waals surface area contributed by atoms with E-state index in [1.807, 2.05) is 67.1 Å². The summed E-state index contributed by atoms with van der Waals surface area (Å²) < 4.78 is 17.8. The number of likely N-dealkylation sites (N-methyl/N-ethyl adjacent to an activating group) is 1. The van der Waals surface area contributed by atoms with Gasteiger partial charge in [0.25, 0.3) is 0 Å². The van der Waals surface area contributed by atoms with Crippen molar-refractivity contribution in [3.63, 3.8) is 0 Å². The molecule has 0 saturated carbocycles. The second kappa shape index (κ2) is 9.40. The van der Waals surface area contributed by atoms with Crippen LogP contribution >= 0.6 is 11.6 Å². The molecule has 0 bridgehead atoms. The summed E-state index contributed by atoms with van der Waals surface area (Å²) in [6.07, 6.45) is 3.40. The maximum absolute atomic E-state index is 14.2. The van der Waals surface area contributed by atoms with Crippen LogP contribution < -0.4 is 5.32 Å². The molecule has 2 aromatic carbocycles. The molecule has 178 valence electrons. The molecule has 0 fully saturated rings. The Balaban J connectivity index is 1.49. The van der Waals surface area contributed by atoms with Gasteiger partial charge in [-0.15, -0.1) is 5.10 Å². The van der Waals surface area contributed by atoms with E-state index in [2.05, 4.69) is 30.7 Å². The monoisotopic (exact) mass is 491 g/mol. The van der Waals surface area contributed by atoms with Crippen LogP contribution in [-0.4, -0.2) is 60.3 Å². The summed E-state index contributed by atoms with van der Waals surface area (Å²) in [6, 6.07) is 14.1. The second-order valence-corrected chi connectivity index (χ2v) is 8.83. The van der Waals surface area contributed by atoms with Gasteiger partial charge in [-0.25, -0.2) is 19.0 Å². The van der Waals surface area contributed by atoms with Gasteiger partial charge in [0.2, 0.25) is 5.95 Å². The Hall–Kier alpha value is -3.89. The average Bonchev–Trinajstić information content (AvgIpc) is 3.45. The highest BCUT2D eigenvalue weighted by atomic mass is 35.5. The van der Waals surface area contributed by atoms with E-state index in [0.29, 0.717) is 18.0 Å². The minimum atomic E-state index is -0.459. The molecular formula is C24H23ClFN9. The lowest BCUT2D eigenvalue weighted by Crippen LogP contribution is -2.26. The normalized spacial score (nSPS) is 12.4. The van der Waals surface area contributed by atoms with Crippen LogP contribution in [0.2, 0.25) is 5.02 Å². The summed E-state index contributed by atoms with van der Waals surface area (Å²) in [5, 5.41) is 16.2. The maximum atomic E-state index is 14.2. The number of nitrogens with one attached hydrogen (secondary N) is 1. The Kier molecular flexibility index (Phi) is 6.14. The Morgan fingerprint density at radius 2 is 1.94 bits per heavy atom. The number of aryl methyl sites for hydroxylation is 1. The molecule has 1 atom stereocenters. The van der Waals surface area contributed by atoms with Crippen molar-refractivity contribution in [1.82, 2.24) is 39.6 Å². The molecule has 0 aliphatic carbocycles. The number of benzene rings is 2. The van der Waals surface area contributed by atoms with Crippen molar-refractivity contribution in [2.24, 2.45) is 7.05 Å². The summed E-state index contributed by atoms with van der Waals surface area (Å²) >= 11 is 5.91. The zero-order valence-electron chi connectivity index (χ0n) is 19.4. The molecule has 0 saturated heterocycles. The lowest BCUT2D eigenvalue weighted by Gasteiger charge is -2.22. The maximum Gasteiger partial charge on any atom is 0.228 e. The molecule has 1 unspecified atom stereocenters. The van der Waals surface area contributed by atoms with E-state index in [-0.39, 0.29) is 11.1 Å². The van der Waals surface area contributed by atoms with Crippen LogP contribution in [0, 0.1) is 5.82 Å². The quantitative estimate of drug-likeness (QED) is 0.363. The predicted molar refractivity (Wildman–Crippen MR) is 133 cm³/mol. The van der Waals surface area contributed by atoms with Crippen LogP contribution in [0.25, 0.3) is 22.3 Å². The van der Waals surface area contributed by atoms with Gasteiger partial charge in [-0.05, 0) is 50.0 Å². The number of rotatable bonds is 7. The molecule has 5 aromatic rings. The first-order valence-electron chi connectivity index (χ1n) is 10.9. The molecule has 0 aliphatic heterocycles. The number of fused-ring (bicyclic) bond motifs is 1. The lowest BCUT2D eigenvalue weighted by atomic mass is 10.1. The highest BCUT2D eigenvalue weighted by molar-refractivity contribution is 6.30. The number of hydrogen-bond acceptors (Lipinski definition) is 7. The fourth-order valence-electron chi connectivity index (χ4n) is 3.91. The molecule has 5 rings (SSSR count). The molecule has 3 heterocycles. The van der Waals surface area contributed by atoms with Crippen molar-refractivity contribution >= 4 is 34.4 Å². The third-order valence-electron chi connectivity index (χ3n) is 5.64. The highest BCUT2D eigenvalue weighted by Crippen LogP contribution is 2.28. The standard InChI is InChI=1S/C24H23ClFN9/c1-33(2)14-22(16-4-6-17(25)18(26)12-16)35-21-7-5-15(13-20(21)31-32-35)19-8-10-27-24(29-19)30-23-9-11-28-34(23)3/h4-13,22H,14H2,1-3H3,(H,27,29,30). The summed E-state index contributed by atoms with van der Waals surface area (Å²) in [5.41, 5.74) is 3.92. The Labute approximate surface area is 206 Å². The van der Waals surface area contributed by atoms with Crippen LogP contribution in [0.1, 0.15) is 11.6 Å². The molecule has 1 N–H and O–H groups in total. The Bertz CT molecular complexity index is 1490. The molecule has 0 aliphatic rings. The molecule has 0 amide bonds. The fourth-order valence-corrected chi connectivity index (χ4v) is 4.03. The molecular weight excluding hydrogens is 469 g/mol. The van der Waals surface area contributed by atoms with E-state index < -0.39 is 5.82 Å². The summed E-state index contributed by atoms with van der Waals surface area (Å²) in [7, 11) is 5.76. The zero-order valence-corrected chi connectivity index (χ0v) is 20.1. The summed E-state index contributed by atoms with van der Waals surface area (Å²) in [6.45, 7) is 0.607. The number of nitrogens with zero attached hydrogens (tertiary/aromatic N) is 8. The van der Waals surface area contributed by atoms with E-state index >= 15 is 0 Å². The first-order chi connectivity index (χ1) is 16.9. The number of aromatic nitrogens is 7. The summed E-state index contributed by atoms with van der Waals surface area (Å²) in [4.78, 5) is 11.0. The predicted octanol–water partition coefficient (Wildman–Crippen LogP) is 4.31. The zero-order chi connectivity index (χ0) is 24.5. The van der Waals surface area contributed by atoms with Crippen LogP contribution in [0.4, 0.5) is 16.2 Å². The fraction of sp³-hybridized carbons (Fsp3) is 0.208. The summed E-state index contributed by atoms with van der Waals surface area (Å²) in [5.74, 6) is 0.788. The van der Waals surface area contributed by atoms with Gasteiger partial charge in [0.15, 0.2) is 0 Å². The molecule has 3 aromatic heterocycles. The van der Waals surface area contributed by atoms with Crippen molar-refractivity contribution < 1.29 is 4.39 Å². The van der Waals surface area contributed by atoms with Crippen LogP contribution in [0.3, 0.4) is 0 Å². The number of hydrogen-bond donors (Lipinski definition) is 1. The molecule has 9 nitrogen and oxygen atoms in total. The molecule has 0 spiro atoms. The van der Waals surface area contributed by atoms with Crippen molar-refractivity contribution in [1.29, 1.82) is 0 Å². The van der Waals surface area contributed by atoms with Gasteiger partial charge in [-0.3, -0.25) is 4.68 Å². The molecule has 11 heteroatoms. The van der Waals surface area contributed by atoms with Gasteiger partial charge < -0.3 is 10.2 Å². The van der Waals surface area contributed by atoms with Crippen molar-refractivity contribution in [3.05, 3.63) is 77.3 Å². The largest absolute Gasteiger partial charge is 0.309 e. The van der Waals surface area contributed by atoms with Crippen molar-refractivity contribution in [3.8, 4) is 11.3 Å². The van der Waals surface area contributed by atoms with Gasteiger partial charge in [0.05, 0.1) is 28.5 Å². The van der Waals surface area contributed by atoms with Crippen LogP contribution in [0.5, 0.6) is 0 Å². The second-order valence-electron chi connectivity index (χ2n) is 8.42. The Morgan fingerprint density at radius 3 is 2.69 bits per heavy atom. The average molecular weight is 492 g/mol. The van der Waals surface area contributed by atoms with E-state index in [9.17, 15) is 4.39 Å². The van der Waals surface area contributed by atoms with Gasteiger partial charge in [-0.2, -0.15) is 5.10 Å². The first kappa shape index (κ1) is 22.9. The van der Waals surface area contributed by atoms with Crippen LogP contribution in [0.15, 0.2) is 60.9 Å². The number of anilines is 2. The molecule has 35 heavy (non-hydrogen) atoms. The minimum Gasteiger partial charge on any atom is -0.309 e. The SMILES string of the molecule is CN(C)CC(c1ccc(Cl)c(F)c1)n1nnc2cc(-c3ccnc(Nc4ccnn4C)n3)ccc21. The number of halogens is 2. The van der Waals surface area contributed by atoms with Crippen LogP contribution in [-0.2, 0) is 7.05 Å². The molecule has 0 radical (unpaired) electrons. The van der Waals surface area contributed by atoms with E-state index in [1.54, 1.807) is 23.1 Å².